The lowest BCUT2D eigenvalue weighted by Gasteiger charge is -2.06. The van der Waals surface area contributed by atoms with E-state index in [1.54, 1.807) is 11.8 Å². The molecule has 1 aliphatic heterocycles. The number of aromatic nitrogens is 1. The molecular formula is C15H15N3OS. The van der Waals surface area contributed by atoms with Crippen LogP contribution >= 0.6 is 11.8 Å². The molecule has 0 bridgehead atoms. The van der Waals surface area contributed by atoms with Gasteiger partial charge in [0.2, 0.25) is 5.91 Å². The van der Waals surface area contributed by atoms with Crippen LogP contribution in [0, 0.1) is 0 Å². The number of hydrogen-bond acceptors (Lipinski definition) is 3. The first-order valence-corrected chi connectivity index (χ1v) is 7.49. The summed E-state index contributed by atoms with van der Waals surface area (Å²) in [6.07, 6.45) is 4.37. The van der Waals surface area contributed by atoms with Crippen molar-refractivity contribution < 1.29 is 4.79 Å². The average Bonchev–Trinajstić information content (AvgIpc) is 3.12. The molecule has 1 N–H and O–H groups in total. The first-order valence-electron chi connectivity index (χ1n) is 6.51. The minimum Gasteiger partial charge on any atom is -0.324 e. The van der Waals surface area contributed by atoms with Gasteiger partial charge in [-0.05, 0) is 29.8 Å². The number of amidine groups is 1. The van der Waals surface area contributed by atoms with Gasteiger partial charge in [0, 0.05) is 23.8 Å². The van der Waals surface area contributed by atoms with Crippen LogP contribution in [-0.2, 0) is 11.2 Å². The number of thioether (sulfide) groups is 1. The van der Waals surface area contributed by atoms with Crippen LogP contribution in [0.15, 0.2) is 53.8 Å². The summed E-state index contributed by atoms with van der Waals surface area (Å²) in [5, 5.41) is 3.59. The minimum absolute atomic E-state index is 0.00753. The Morgan fingerprint density at radius 3 is 2.65 bits per heavy atom. The average molecular weight is 285 g/mol. The van der Waals surface area contributed by atoms with Crippen LogP contribution in [0.3, 0.4) is 0 Å². The molecule has 0 atom stereocenters. The maximum absolute atomic E-state index is 11.9. The molecule has 0 saturated heterocycles. The van der Waals surface area contributed by atoms with Crippen LogP contribution in [-0.4, -0.2) is 27.9 Å². The number of carbonyl (C=O) groups excluding carboxylic acids is 1. The molecule has 102 valence electrons. The van der Waals surface area contributed by atoms with Gasteiger partial charge in [-0.25, -0.2) is 0 Å². The van der Waals surface area contributed by atoms with Crippen molar-refractivity contribution >= 4 is 22.8 Å². The van der Waals surface area contributed by atoms with Crippen molar-refractivity contribution in [2.45, 2.75) is 6.42 Å². The van der Waals surface area contributed by atoms with Gasteiger partial charge in [-0.1, -0.05) is 23.9 Å². The van der Waals surface area contributed by atoms with E-state index >= 15 is 0 Å². The van der Waals surface area contributed by atoms with Gasteiger partial charge in [0.1, 0.15) is 0 Å². The van der Waals surface area contributed by atoms with Crippen LogP contribution in [0.4, 0.5) is 0 Å². The Balaban J connectivity index is 1.61. The monoisotopic (exact) mass is 285 g/mol. The highest BCUT2D eigenvalue weighted by molar-refractivity contribution is 8.14. The Bertz CT molecular complexity index is 617. The number of nitrogens with zero attached hydrogens (tertiary/aromatic N) is 2. The van der Waals surface area contributed by atoms with Gasteiger partial charge in [0.05, 0.1) is 13.0 Å². The third-order valence-corrected chi connectivity index (χ3v) is 3.93. The molecule has 0 spiro atoms. The number of rotatable bonds is 3. The SMILES string of the molecule is O=C(Cc1ccc(-n2cccc2)cc1)NC1=NCCS1. The molecule has 4 nitrogen and oxygen atoms in total. The third kappa shape index (κ3) is 3.11. The fourth-order valence-electron chi connectivity index (χ4n) is 2.05. The van der Waals surface area contributed by atoms with Crippen LogP contribution < -0.4 is 5.32 Å². The molecule has 1 amide bonds. The van der Waals surface area contributed by atoms with E-state index in [0.717, 1.165) is 28.7 Å². The summed E-state index contributed by atoms with van der Waals surface area (Å²) >= 11 is 1.60. The predicted molar refractivity (Wildman–Crippen MR) is 82.4 cm³/mol. The second-order valence-electron chi connectivity index (χ2n) is 4.52. The number of aliphatic imine (C=N–C) groups is 1. The first kappa shape index (κ1) is 13.0. The Hall–Kier alpha value is -2.01. The van der Waals surface area contributed by atoms with E-state index in [2.05, 4.69) is 10.3 Å². The molecule has 2 aromatic rings. The highest BCUT2D eigenvalue weighted by Gasteiger charge is 2.11. The topological polar surface area (TPSA) is 46.4 Å². The van der Waals surface area contributed by atoms with Crippen LogP contribution in [0.1, 0.15) is 5.56 Å². The van der Waals surface area contributed by atoms with Gasteiger partial charge in [-0.2, -0.15) is 0 Å². The van der Waals surface area contributed by atoms with Crippen molar-refractivity contribution in [1.29, 1.82) is 0 Å². The van der Waals surface area contributed by atoms with Gasteiger partial charge in [-0.3, -0.25) is 9.79 Å². The third-order valence-electron chi connectivity index (χ3n) is 3.04. The quantitative estimate of drug-likeness (QED) is 0.940. The second kappa shape index (κ2) is 5.96. The van der Waals surface area contributed by atoms with Gasteiger partial charge < -0.3 is 9.88 Å². The molecule has 3 rings (SSSR count). The lowest BCUT2D eigenvalue weighted by Crippen LogP contribution is -2.28. The fraction of sp³-hybridized carbons (Fsp3) is 0.200. The lowest BCUT2D eigenvalue weighted by atomic mass is 10.1. The highest BCUT2D eigenvalue weighted by Crippen LogP contribution is 2.12. The van der Waals surface area contributed by atoms with Crippen molar-refractivity contribution in [1.82, 2.24) is 9.88 Å². The summed E-state index contributed by atoms with van der Waals surface area (Å²) in [4.78, 5) is 16.1. The molecule has 0 aliphatic carbocycles. The molecule has 5 heteroatoms. The summed E-state index contributed by atoms with van der Waals surface area (Å²) in [5.41, 5.74) is 2.09. The number of amides is 1. The molecule has 0 fully saturated rings. The Morgan fingerprint density at radius 1 is 1.25 bits per heavy atom. The Morgan fingerprint density at radius 2 is 2.00 bits per heavy atom. The molecule has 1 aromatic carbocycles. The molecule has 0 unspecified atom stereocenters. The maximum Gasteiger partial charge on any atom is 0.230 e. The van der Waals surface area contributed by atoms with Crippen molar-refractivity contribution in [2.75, 3.05) is 12.3 Å². The van der Waals surface area contributed by atoms with Gasteiger partial charge >= 0.3 is 0 Å². The van der Waals surface area contributed by atoms with Crippen molar-refractivity contribution in [3.8, 4) is 5.69 Å². The zero-order chi connectivity index (χ0) is 13.8. The second-order valence-corrected chi connectivity index (χ2v) is 5.60. The summed E-state index contributed by atoms with van der Waals surface area (Å²) in [7, 11) is 0. The van der Waals surface area contributed by atoms with E-state index in [-0.39, 0.29) is 5.91 Å². The summed E-state index contributed by atoms with van der Waals surface area (Å²) in [6.45, 7) is 0.797. The Labute approximate surface area is 121 Å². The fourth-order valence-corrected chi connectivity index (χ4v) is 2.80. The van der Waals surface area contributed by atoms with Crippen molar-refractivity contribution in [2.24, 2.45) is 4.99 Å². The first-order chi connectivity index (χ1) is 9.81. The largest absolute Gasteiger partial charge is 0.324 e. The standard InChI is InChI=1S/C15H15N3OS/c19-14(17-15-16-7-10-20-15)11-12-3-5-13(6-4-12)18-8-1-2-9-18/h1-6,8-9H,7,10-11H2,(H,16,17,19). The zero-order valence-corrected chi connectivity index (χ0v) is 11.8. The van der Waals surface area contributed by atoms with E-state index in [9.17, 15) is 4.79 Å². The van der Waals surface area contributed by atoms with E-state index in [1.807, 2.05) is 53.4 Å². The highest BCUT2D eigenvalue weighted by atomic mass is 32.2. The summed E-state index contributed by atoms with van der Waals surface area (Å²) < 4.78 is 2.04. The van der Waals surface area contributed by atoms with E-state index in [4.69, 9.17) is 0 Å². The summed E-state index contributed by atoms with van der Waals surface area (Å²) in [5.74, 6) is 0.952. The van der Waals surface area contributed by atoms with Crippen molar-refractivity contribution in [3.05, 3.63) is 54.4 Å². The molecule has 2 heterocycles. The lowest BCUT2D eigenvalue weighted by molar-refractivity contribution is -0.119. The maximum atomic E-state index is 11.9. The van der Waals surface area contributed by atoms with Gasteiger partial charge in [0.15, 0.2) is 5.17 Å². The molecular weight excluding hydrogens is 270 g/mol. The van der Waals surface area contributed by atoms with Gasteiger partial charge in [0.25, 0.3) is 0 Å². The normalized spacial score (nSPS) is 14.1. The number of nitrogens with one attached hydrogen (secondary N) is 1. The smallest absolute Gasteiger partial charge is 0.230 e. The molecule has 0 radical (unpaired) electrons. The summed E-state index contributed by atoms with van der Waals surface area (Å²) in [6, 6.07) is 12.0. The minimum atomic E-state index is -0.00753. The van der Waals surface area contributed by atoms with Crippen LogP contribution in [0.25, 0.3) is 5.69 Å². The number of carbonyl (C=O) groups is 1. The predicted octanol–water partition coefficient (Wildman–Crippen LogP) is 2.24. The van der Waals surface area contributed by atoms with Crippen LogP contribution in [0.2, 0.25) is 0 Å². The molecule has 0 saturated carbocycles. The molecule has 20 heavy (non-hydrogen) atoms. The Kier molecular flexibility index (Phi) is 3.87. The zero-order valence-electron chi connectivity index (χ0n) is 11.0. The number of benzene rings is 1. The van der Waals surface area contributed by atoms with Gasteiger partial charge in [-0.15, -0.1) is 0 Å². The number of hydrogen-bond donors (Lipinski definition) is 1. The van der Waals surface area contributed by atoms with E-state index < -0.39 is 0 Å². The van der Waals surface area contributed by atoms with Crippen LogP contribution in [0.5, 0.6) is 0 Å². The van der Waals surface area contributed by atoms with Crippen molar-refractivity contribution in [3.63, 3.8) is 0 Å². The molecule has 1 aromatic heterocycles. The molecule has 1 aliphatic rings. The van der Waals surface area contributed by atoms with E-state index in [0.29, 0.717) is 6.42 Å². The van der Waals surface area contributed by atoms with E-state index in [1.165, 1.54) is 0 Å².